The van der Waals surface area contributed by atoms with Crippen molar-refractivity contribution in [2.24, 2.45) is 5.73 Å². The van der Waals surface area contributed by atoms with E-state index in [1.165, 1.54) is 0 Å². The van der Waals surface area contributed by atoms with Crippen LogP contribution in [-0.2, 0) is 16.1 Å². The third-order valence-corrected chi connectivity index (χ3v) is 2.93. The number of thiocarbonyl (C=S) groups is 1. The SMILES string of the molecule is NC(=S)CNC(=O)C(=O)NCc1cccc2cccnc12. The number of hydrogen-bond acceptors (Lipinski definition) is 4. The first kappa shape index (κ1) is 14.9. The summed E-state index contributed by atoms with van der Waals surface area (Å²) in [4.78, 5) is 27.5. The van der Waals surface area contributed by atoms with Crippen LogP contribution in [0.4, 0.5) is 0 Å². The zero-order valence-electron chi connectivity index (χ0n) is 11.1. The summed E-state index contributed by atoms with van der Waals surface area (Å²) in [5, 5.41) is 5.84. The lowest BCUT2D eigenvalue weighted by molar-refractivity contribution is -0.139. The van der Waals surface area contributed by atoms with Crippen LogP contribution >= 0.6 is 12.2 Å². The normalized spacial score (nSPS) is 10.1. The highest BCUT2D eigenvalue weighted by Crippen LogP contribution is 2.15. The van der Waals surface area contributed by atoms with Crippen molar-refractivity contribution in [3.63, 3.8) is 0 Å². The Morgan fingerprint density at radius 3 is 2.62 bits per heavy atom. The summed E-state index contributed by atoms with van der Waals surface area (Å²) in [6.45, 7) is 0.213. The fourth-order valence-corrected chi connectivity index (χ4v) is 1.89. The molecule has 0 radical (unpaired) electrons. The van der Waals surface area contributed by atoms with Crippen molar-refractivity contribution >= 4 is 39.9 Å². The third-order valence-electron chi connectivity index (χ3n) is 2.79. The molecular formula is C14H14N4O2S. The molecule has 0 aliphatic carbocycles. The van der Waals surface area contributed by atoms with Crippen LogP contribution in [-0.4, -0.2) is 28.3 Å². The fourth-order valence-electron chi connectivity index (χ4n) is 1.81. The van der Waals surface area contributed by atoms with Gasteiger partial charge in [-0.15, -0.1) is 0 Å². The van der Waals surface area contributed by atoms with Gasteiger partial charge in [-0.3, -0.25) is 14.6 Å². The number of para-hydroxylation sites is 1. The highest BCUT2D eigenvalue weighted by atomic mass is 32.1. The molecule has 2 aromatic rings. The summed E-state index contributed by atoms with van der Waals surface area (Å²) < 4.78 is 0. The number of fused-ring (bicyclic) bond motifs is 1. The summed E-state index contributed by atoms with van der Waals surface area (Å²) in [5.41, 5.74) is 6.88. The highest BCUT2D eigenvalue weighted by Gasteiger charge is 2.13. The first-order valence-corrected chi connectivity index (χ1v) is 6.65. The Hall–Kier alpha value is -2.54. The smallest absolute Gasteiger partial charge is 0.309 e. The lowest BCUT2D eigenvalue weighted by Gasteiger charge is -2.08. The van der Waals surface area contributed by atoms with Gasteiger partial charge in [0.1, 0.15) is 0 Å². The van der Waals surface area contributed by atoms with Crippen LogP contribution in [0.3, 0.4) is 0 Å². The molecule has 0 fully saturated rings. The molecule has 0 saturated carbocycles. The molecule has 0 spiro atoms. The van der Waals surface area contributed by atoms with E-state index >= 15 is 0 Å². The van der Waals surface area contributed by atoms with Crippen molar-refractivity contribution < 1.29 is 9.59 Å². The van der Waals surface area contributed by atoms with Crippen LogP contribution in [0.1, 0.15) is 5.56 Å². The van der Waals surface area contributed by atoms with Crippen molar-refractivity contribution in [3.05, 3.63) is 42.1 Å². The Kier molecular flexibility index (Phi) is 4.78. The number of nitrogens with one attached hydrogen (secondary N) is 2. The van der Waals surface area contributed by atoms with Crippen LogP contribution in [0.15, 0.2) is 36.5 Å². The monoisotopic (exact) mass is 302 g/mol. The van der Waals surface area contributed by atoms with Gasteiger partial charge in [-0.1, -0.05) is 36.5 Å². The van der Waals surface area contributed by atoms with Crippen LogP contribution in [0.5, 0.6) is 0 Å². The van der Waals surface area contributed by atoms with Gasteiger partial charge in [-0.05, 0) is 11.6 Å². The minimum Gasteiger partial charge on any atom is -0.392 e. The molecule has 6 nitrogen and oxygen atoms in total. The van der Waals surface area contributed by atoms with Gasteiger partial charge >= 0.3 is 11.8 Å². The second kappa shape index (κ2) is 6.76. The molecule has 7 heteroatoms. The molecule has 0 atom stereocenters. The van der Waals surface area contributed by atoms with E-state index in [1.54, 1.807) is 6.20 Å². The van der Waals surface area contributed by atoms with Gasteiger partial charge in [0.15, 0.2) is 0 Å². The van der Waals surface area contributed by atoms with Crippen molar-refractivity contribution in [1.82, 2.24) is 15.6 Å². The standard InChI is InChI=1S/C14H14N4O2S/c15-11(21)8-18-14(20)13(19)17-7-10-4-1-3-9-5-2-6-16-12(9)10/h1-6H,7-8H2,(H2,15,21)(H,17,19)(H,18,20). The van der Waals surface area contributed by atoms with E-state index in [-0.39, 0.29) is 18.1 Å². The minimum absolute atomic E-state index is 0.00257. The highest BCUT2D eigenvalue weighted by molar-refractivity contribution is 7.80. The average Bonchev–Trinajstić information content (AvgIpc) is 2.50. The van der Waals surface area contributed by atoms with Crippen LogP contribution in [0.2, 0.25) is 0 Å². The van der Waals surface area contributed by atoms with Crippen LogP contribution < -0.4 is 16.4 Å². The Bertz CT molecular complexity index is 697. The molecule has 108 valence electrons. The van der Waals surface area contributed by atoms with Crippen molar-refractivity contribution in [2.45, 2.75) is 6.54 Å². The molecule has 2 amide bonds. The maximum atomic E-state index is 11.6. The lowest BCUT2D eigenvalue weighted by Crippen LogP contribution is -2.42. The summed E-state index contributed by atoms with van der Waals surface area (Å²) in [6, 6.07) is 9.43. The van der Waals surface area contributed by atoms with Gasteiger partial charge in [0.05, 0.1) is 17.0 Å². The van der Waals surface area contributed by atoms with E-state index < -0.39 is 11.8 Å². The third kappa shape index (κ3) is 3.96. The zero-order valence-corrected chi connectivity index (χ0v) is 11.9. The van der Waals surface area contributed by atoms with E-state index in [0.717, 1.165) is 16.5 Å². The van der Waals surface area contributed by atoms with E-state index in [9.17, 15) is 9.59 Å². The minimum atomic E-state index is -0.768. The molecular weight excluding hydrogens is 288 g/mol. The van der Waals surface area contributed by atoms with E-state index in [0.29, 0.717) is 0 Å². The lowest BCUT2D eigenvalue weighted by atomic mass is 10.1. The molecule has 0 aliphatic rings. The first-order valence-electron chi connectivity index (χ1n) is 6.25. The number of nitrogens with two attached hydrogens (primary N) is 1. The molecule has 1 heterocycles. The number of carbonyl (C=O) groups is 2. The number of rotatable bonds is 4. The van der Waals surface area contributed by atoms with Crippen LogP contribution in [0.25, 0.3) is 10.9 Å². The van der Waals surface area contributed by atoms with Gasteiger partial charge in [0, 0.05) is 18.1 Å². The Balaban J connectivity index is 2.00. The molecule has 4 N–H and O–H groups in total. The maximum Gasteiger partial charge on any atom is 0.309 e. The fraction of sp³-hybridized carbons (Fsp3) is 0.143. The quantitative estimate of drug-likeness (QED) is 0.556. The number of amides is 2. The Morgan fingerprint density at radius 1 is 1.14 bits per heavy atom. The van der Waals surface area contributed by atoms with Gasteiger partial charge in [-0.2, -0.15) is 0 Å². The van der Waals surface area contributed by atoms with Crippen molar-refractivity contribution in [1.29, 1.82) is 0 Å². The molecule has 2 rings (SSSR count). The molecule has 1 aromatic carbocycles. The Morgan fingerprint density at radius 2 is 1.86 bits per heavy atom. The number of hydrogen-bond donors (Lipinski definition) is 3. The van der Waals surface area contributed by atoms with E-state index in [1.807, 2.05) is 30.3 Å². The van der Waals surface area contributed by atoms with E-state index in [4.69, 9.17) is 5.73 Å². The van der Waals surface area contributed by atoms with E-state index in [2.05, 4.69) is 27.8 Å². The summed E-state index contributed by atoms with van der Waals surface area (Å²) in [7, 11) is 0. The summed E-state index contributed by atoms with van der Waals surface area (Å²) in [6.07, 6.45) is 1.68. The van der Waals surface area contributed by atoms with Crippen molar-refractivity contribution in [3.8, 4) is 0 Å². The van der Waals surface area contributed by atoms with Gasteiger partial charge in [0.25, 0.3) is 0 Å². The first-order chi connectivity index (χ1) is 10.1. The number of benzene rings is 1. The number of nitrogens with zero attached hydrogens (tertiary/aromatic N) is 1. The second-order valence-electron chi connectivity index (χ2n) is 4.32. The van der Waals surface area contributed by atoms with Crippen LogP contribution in [0, 0.1) is 0 Å². The molecule has 21 heavy (non-hydrogen) atoms. The van der Waals surface area contributed by atoms with Crippen molar-refractivity contribution in [2.75, 3.05) is 6.54 Å². The summed E-state index contributed by atoms with van der Waals surface area (Å²) >= 11 is 4.62. The number of carbonyl (C=O) groups excluding carboxylic acids is 2. The number of aromatic nitrogens is 1. The topological polar surface area (TPSA) is 97.1 Å². The predicted octanol–water partition coefficient (Wildman–Crippen LogP) is 0.253. The predicted molar refractivity (Wildman–Crippen MR) is 83.4 cm³/mol. The number of pyridine rings is 1. The molecule has 0 bridgehead atoms. The molecule has 0 aliphatic heterocycles. The van der Waals surface area contributed by atoms with Gasteiger partial charge in [0.2, 0.25) is 0 Å². The molecule has 0 unspecified atom stereocenters. The molecule has 0 saturated heterocycles. The van der Waals surface area contributed by atoms with Gasteiger partial charge < -0.3 is 16.4 Å². The Labute approximate surface area is 126 Å². The van der Waals surface area contributed by atoms with Gasteiger partial charge in [-0.25, -0.2) is 0 Å². The zero-order chi connectivity index (χ0) is 15.2. The average molecular weight is 302 g/mol. The summed E-state index contributed by atoms with van der Waals surface area (Å²) in [5.74, 6) is -1.50. The second-order valence-corrected chi connectivity index (χ2v) is 4.85. The molecule has 1 aromatic heterocycles. The maximum absolute atomic E-state index is 11.6. The largest absolute Gasteiger partial charge is 0.392 e.